The molecule has 0 saturated carbocycles. The van der Waals surface area contributed by atoms with Gasteiger partial charge in [0.1, 0.15) is 12.0 Å². The van der Waals surface area contributed by atoms with Crippen molar-refractivity contribution in [3.63, 3.8) is 0 Å². The molecule has 0 bridgehead atoms. The second kappa shape index (κ2) is 2.80. The van der Waals surface area contributed by atoms with Crippen LogP contribution in [0.5, 0.6) is 0 Å². The number of aldehydes is 1. The van der Waals surface area contributed by atoms with Crippen LogP contribution in [0.4, 0.5) is 4.39 Å². The maximum atomic E-state index is 12.4. The van der Waals surface area contributed by atoms with Crippen LogP contribution in [0.1, 0.15) is 26.7 Å². The molecule has 0 aromatic rings. The van der Waals surface area contributed by atoms with E-state index < -0.39 is 5.67 Å². The maximum absolute atomic E-state index is 12.4. The van der Waals surface area contributed by atoms with Crippen molar-refractivity contribution >= 4 is 6.29 Å². The van der Waals surface area contributed by atoms with E-state index in [1.54, 1.807) is 0 Å². The van der Waals surface area contributed by atoms with Crippen LogP contribution in [0.25, 0.3) is 0 Å². The summed E-state index contributed by atoms with van der Waals surface area (Å²) < 4.78 is 12.4. The molecular weight excluding hydrogens is 107 g/mol. The zero-order valence-corrected chi connectivity index (χ0v) is 5.28. The summed E-state index contributed by atoms with van der Waals surface area (Å²) in [4.78, 5) is 9.68. The summed E-state index contributed by atoms with van der Waals surface area (Å²) in [6, 6.07) is 0. The highest BCUT2D eigenvalue weighted by Crippen LogP contribution is 2.14. The van der Waals surface area contributed by atoms with E-state index in [0.29, 0.717) is 12.8 Å². The van der Waals surface area contributed by atoms with Gasteiger partial charge in [0.2, 0.25) is 0 Å². The monoisotopic (exact) mass is 118 g/mol. The zero-order valence-electron chi connectivity index (χ0n) is 5.28. The Balaban J connectivity index is 3.24. The SMILES string of the molecule is CC(C)(F)CCC=O. The average molecular weight is 118 g/mol. The number of alkyl halides is 1. The van der Waals surface area contributed by atoms with Gasteiger partial charge >= 0.3 is 0 Å². The summed E-state index contributed by atoms with van der Waals surface area (Å²) in [7, 11) is 0. The van der Waals surface area contributed by atoms with Crippen molar-refractivity contribution in [1.29, 1.82) is 0 Å². The quantitative estimate of drug-likeness (QED) is 0.515. The highest BCUT2D eigenvalue weighted by Gasteiger charge is 2.13. The molecule has 48 valence electrons. The van der Waals surface area contributed by atoms with E-state index in [1.165, 1.54) is 13.8 Å². The predicted octanol–water partition coefficient (Wildman–Crippen LogP) is 1.71. The smallest absolute Gasteiger partial charge is 0.120 e. The van der Waals surface area contributed by atoms with E-state index in [2.05, 4.69) is 0 Å². The molecule has 0 aromatic heterocycles. The fraction of sp³-hybridized carbons (Fsp3) is 0.833. The Labute approximate surface area is 48.9 Å². The second-order valence-corrected chi connectivity index (χ2v) is 2.42. The van der Waals surface area contributed by atoms with E-state index >= 15 is 0 Å². The topological polar surface area (TPSA) is 17.1 Å². The molecule has 0 N–H and O–H groups in total. The van der Waals surface area contributed by atoms with Crippen molar-refractivity contribution in [1.82, 2.24) is 0 Å². The van der Waals surface area contributed by atoms with Crippen molar-refractivity contribution in [2.24, 2.45) is 0 Å². The molecule has 2 heteroatoms. The molecule has 0 aliphatic rings. The van der Waals surface area contributed by atoms with Gasteiger partial charge in [-0.25, -0.2) is 4.39 Å². The standard InChI is InChI=1S/C6H11FO/c1-6(2,7)4-3-5-8/h5H,3-4H2,1-2H3. The van der Waals surface area contributed by atoms with Crippen LogP contribution in [-0.2, 0) is 4.79 Å². The third-order valence-corrected chi connectivity index (χ3v) is 0.857. The predicted molar refractivity (Wildman–Crippen MR) is 30.5 cm³/mol. The van der Waals surface area contributed by atoms with Gasteiger partial charge in [0.05, 0.1) is 0 Å². The summed E-state index contributed by atoms with van der Waals surface area (Å²) in [5.41, 5.74) is -1.18. The largest absolute Gasteiger partial charge is 0.303 e. The minimum Gasteiger partial charge on any atom is -0.303 e. The van der Waals surface area contributed by atoms with Gasteiger partial charge in [-0.3, -0.25) is 0 Å². The molecule has 0 aromatic carbocycles. The summed E-state index contributed by atoms with van der Waals surface area (Å²) in [5, 5.41) is 0. The lowest BCUT2D eigenvalue weighted by molar-refractivity contribution is -0.108. The molecule has 0 spiro atoms. The van der Waals surface area contributed by atoms with Crippen molar-refractivity contribution in [2.45, 2.75) is 32.4 Å². The van der Waals surface area contributed by atoms with Crippen LogP contribution in [-0.4, -0.2) is 12.0 Å². The van der Waals surface area contributed by atoms with Gasteiger partial charge in [-0.1, -0.05) is 0 Å². The van der Waals surface area contributed by atoms with E-state index in [1.807, 2.05) is 0 Å². The lowest BCUT2D eigenvalue weighted by Gasteiger charge is -2.09. The van der Waals surface area contributed by atoms with Gasteiger partial charge in [-0.2, -0.15) is 0 Å². The van der Waals surface area contributed by atoms with E-state index in [0.717, 1.165) is 6.29 Å². The van der Waals surface area contributed by atoms with Crippen LogP contribution >= 0.6 is 0 Å². The number of hydrogen-bond acceptors (Lipinski definition) is 1. The molecule has 1 nitrogen and oxygen atoms in total. The van der Waals surface area contributed by atoms with Crippen LogP contribution in [0.3, 0.4) is 0 Å². The first-order valence-corrected chi connectivity index (χ1v) is 2.69. The van der Waals surface area contributed by atoms with Gasteiger partial charge in [-0.05, 0) is 20.3 Å². The number of hydrogen-bond donors (Lipinski definition) is 0. The summed E-state index contributed by atoms with van der Waals surface area (Å²) in [6.45, 7) is 2.94. The second-order valence-electron chi connectivity index (χ2n) is 2.42. The molecule has 8 heavy (non-hydrogen) atoms. The van der Waals surface area contributed by atoms with Crippen molar-refractivity contribution in [3.8, 4) is 0 Å². The fourth-order valence-electron chi connectivity index (χ4n) is 0.402. The Morgan fingerprint density at radius 3 is 2.25 bits per heavy atom. The Morgan fingerprint density at radius 2 is 2.12 bits per heavy atom. The van der Waals surface area contributed by atoms with E-state index in [-0.39, 0.29) is 0 Å². The minimum atomic E-state index is -1.18. The Bertz CT molecular complexity index is 73.1. The van der Waals surface area contributed by atoms with Crippen molar-refractivity contribution in [3.05, 3.63) is 0 Å². The van der Waals surface area contributed by atoms with Crippen LogP contribution < -0.4 is 0 Å². The third-order valence-electron chi connectivity index (χ3n) is 0.857. The van der Waals surface area contributed by atoms with Crippen molar-refractivity contribution < 1.29 is 9.18 Å². The number of carbonyl (C=O) groups excluding carboxylic acids is 1. The number of carbonyl (C=O) groups is 1. The van der Waals surface area contributed by atoms with E-state index in [4.69, 9.17) is 0 Å². The van der Waals surface area contributed by atoms with Gasteiger partial charge in [-0.15, -0.1) is 0 Å². The van der Waals surface area contributed by atoms with Gasteiger partial charge in [0.15, 0.2) is 0 Å². The van der Waals surface area contributed by atoms with Crippen LogP contribution in [0, 0.1) is 0 Å². The van der Waals surface area contributed by atoms with Crippen LogP contribution in [0.2, 0.25) is 0 Å². The summed E-state index contributed by atoms with van der Waals surface area (Å²) in [5.74, 6) is 0. The van der Waals surface area contributed by atoms with E-state index in [9.17, 15) is 9.18 Å². The summed E-state index contributed by atoms with van der Waals surface area (Å²) in [6.07, 6.45) is 1.39. The fourth-order valence-corrected chi connectivity index (χ4v) is 0.402. The van der Waals surface area contributed by atoms with Gasteiger partial charge in [0, 0.05) is 6.42 Å². The highest BCUT2D eigenvalue weighted by molar-refractivity contribution is 5.49. The molecule has 0 fully saturated rings. The first-order valence-electron chi connectivity index (χ1n) is 2.69. The highest BCUT2D eigenvalue weighted by atomic mass is 19.1. The molecule has 0 amide bonds. The van der Waals surface area contributed by atoms with Gasteiger partial charge in [0.25, 0.3) is 0 Å². The molecule has 0 heterocycles. The maximum Gasteiger partial charge on any atom is 0.120 e. The average Bonchev–Trinajstić information content (AvgIpc) is 1.59. The number of rotatable bonds is 3. The van der Waals surface area contributed by atoms with Crippen LogP contribution in [0.15, 0.2) is 0 Å². The lowest BCUT2D eigenvalue weighted by Crippen LogP contribution is -2.10. The summed E-state index contributed by atoms with van der Waals surface area (Å²) >= 11 is 0. The first kappa shape index (κ1) is 7.60. The molecule has 0 rings (SSSR count). The molecule has 0 saturated heterocycles. The lowest BCUT2D eigenvalue weighted by atomic mass is 10.1. The molecule has 0 unspecified atom stereocenters. The Hall–Kier alpha value is -0.400. The molecule has 0 aliphatic carbocycles. The Kier molecular flexibility index (Phi) is 2.66. The number of halogens is 1. The first-order chi connectivity index (χ1) is 3.56. The van der Waals surface area contributed by atoms with Gasteiger partial charge < -0.3 is 4.79 Å². The normalized spacial score (nSPS) is 11.4. The molecule has 0 atom stereocenters. The molecule has 0 aliphatic heterocycles. The molecular formula is C6H11FO. The Morgan fingerprint density at radius 1 is 1.62 bits per heavy atom. The van der Waals surface area contributed by atoms with Crippen molar-refractivity contribution in [2.75, 3.05) is 0 Å². The zero-order chi connectivity index (χ0) is 6.62. The minimum absolute atomic E-state index is 0.323. The molecule has 0 radical (unpaired) electrons. The third kappa shape index (κ3) is 5.60.